The molecule has 0 saturated carbocycles. The molecular weight excluding hydrogens is 372 g/mol. The Kier molecular flexibility index (Phi) is 7.29. The molecular formula is C18H27ClN4O4. The maximum Gasteiger partial charge on any atom is 0.325 e. The van der Waals surface area contributed by atoms with Crippen molar-refractivity contribution in [1.82, 2.24) is 10.2 Å². The fourth-order valence-electron chi connectivity index (χ4n) is 3.20. The number of fused-ring (bicyclic) bond motifs is 1. The fraction of sp³-hybridized carbons (Fsp3) is 0.556. The summed E-state index contributed by atoms with van der Waals surface area (Å²) < 4.78 is 11.1. The molecule has 1 aromatic carbocycles. The molecule has 8 nitrogen and oxygen atoms in total. The van der Waals surface area contributed by atoms with E-state index in [1.165, 1.54) is 0 Å². The molecule has 1 aromatic rings. The van der Waals surface area contributed by atoms with E-state index >= 15 is 0 Å². The number of nitrogens with two attached hydrogens (primary N) is 1. The molecule has 2 aliphatic heterocycles. The first-order valence-electron chi connectivity index (χ1n) is 8.90. The maximum absolute atomic E-state index is 12.1. The molecule has 0 radical (unpaired) electrons. The third kappa shape index (κ3) is 5.72. The Hall–Kier alpha value is -2.03. The molecule has 1 atom stereocenters. The number of carbonyl (C=O) groups is 2. The highest BCUT2D eigenvalue weighted by Gasteiger charge is 2.33. The summed E-state index contributed by atoms with van der Waals surface area (Å²) in [5.74, 6) is 0.907. The average Bonchev–Trinajstić information content (AvgIpc) is 2.82. The molecule has 1 unspecified atom stereocenters. The van der Waals surface area contributed by atoms with E-state index in [1.807, 2.05) is 4.90 Å². The minimum Gasteiger partial charge on any atom is -0.490 e. The fourth-order valence-corrected chi connectivity index (χ4v) is 3.20. The highest BCUT2D eigenvalue weighted by Crippen LogP contribution is 2.32. The molecule has 4 N–H and O–H groups in total. The number of imide groups is 1. The number of nitrogens with one attached hydrogen (secondary N) is 2. The van der Waals surface area contributed by atoms with E-state index in [2.05, 4.69) is 17.6 Å². The zero-order valence-corrected chi connectivity index (χ0v) is 16.3. The molecule has 9 heteroatoms. The maximum atomic E-state index is 12.1. The highest BCUT2D eigenvalue weighted by atomic mass is 35.5. The smallest absolute Gasteiger partial charge is 0.325 e. The molecule has 3 rings (SSSR count). The van der Waals surface area contributed by atoms with Crippen molar-refractivity contribution < 1.29 is 19.1 Å². The minimum absolute atomic E-state index is 0. The molecule has 150 valence electrons. The van der Waals surface area contributed by atoms with Crippen LogP contribution in [0, 0.1) is 5.41 Å². The summed E-state index contributed by atoms with van der Waals surface area (Å²) >= 11 is 0. The lowest BCUT2D eigenvalue weighted by Crippen LogP contribution is -2.42. The van der Waals surface area contributed by atoms with Crippen molar-refractivity contribution >= 4 is 30.0 Å². The van der Waals surface area contributed by atoms with Crippen LogP contribution in [0.2, 0.25) is 0 Å². The number of hydrogen-bond donors (Lipinski definition) is 3. The quantitative estimate of drug-likeness (QED) is 0.711. The number of amides is 3. The van der Waals surface area contributed by atoms with Gasteiger partial charge in [-0.25, -0.2) is 4.79 Å². The number of anilines is 1. The van der Waals surface area contributed by atoms with Gasteiger partial charge < -0.3 is 20.5 Å². The van der Waals surface area contributed by atoms with E-state index < -0.39 is 6.03 Å². The normalized spacial score (nSPS) is 21.7. The summed E-state index contributed by atoms with van der Waals surface area (Å²) in [7, 11) is 0. The summed E-state index contributed by atoms with van der Waals surface area (Å²) in [4.78, 5) is 26.2. The van der Waals surface area contributed by atoms with Crippen LogP contribution >= 0.6 is 12.4 Å². The largest absolute Gasteiger partial charge is 0.490 e. The van der Waals surface area contributed by atoms with Gasteiger partial charge in [0.15, 0.2) is 11.5 Å². The van der Waals surface area contributed by atoms with Crippen LogP contribution in [0.15, 0.2) is 18.2 Å². The van der Waals surface area contributed by atoms with E-state index in [1.54, 1.807) is 18.2 Å². The molecule has 27 heavy (non-hydrogen) atoms. The first kappa shape index (κ1) is 21.3. The standard InChI is InChI=1S/C18H26N4O4.ClH/c1-18(11-19)5-6-22(12-18)10-16(23)21-17(24)20-13-3-4-14-15(9-13)26-8-2-7-25-14;/h3-4,9H,2,5-8,10-12,19H2,1H3,(H2,20,21,23,24);1H. The Balaban J connectivity index is 0.00000261. The number of urea groups is 1. The Labute approximate surface area is 165 Å². The zero-order chi connectivity index (χ0) is 18.6. The van der Waals surface area contributed by atoms with Gasteiger partial charge in [-0.05, 0) is 37.1 Å². The third-order valence-corrected chi connectivity index (χ3v) is 4.76. The number of likely N-dealkylation sites (tertiary alicyclic amines) is 1. The van der Waals surface area contributed by atoms with Crippen LogP contribution in [-0.4, -0.2) is 56.2 Å². The van der Waals surface area contributed by atoms with Gasteiger partial charge in [0.25, 0.3) is 0 Å². The predicted octanol–water partition coefficient (Wildman–Crippen LogP) is 1.59. The first-order valence-corrected chi connectivity index (χ1v) is 8.90. The molecule has 1 fully saturated rings. The number of ether oxygens (including phenoxy) is 2. The van der Waals surface area contributed by atoms with E-state index in [9.17, 15) is 9.59 Å². The number of hydrogen-bond acceptors (Lipinski definition) is 6. The second-order valence-corrected chi connectivity index (χ2v) is 7.19. The van der Waals surface area contributed by atoms with Gasteiger partial charge in [-0.15, -0.1) is 12.4 Å². The molecule has 0 spiro atoms. The molecule has 2 aliphatic rings. The summed E-state index contributed by atoms with van der Waals surface area (Å²) in [6.07, 6.45) is 1.77. The van der Waals surface area contributed by atoms with E-state index in [4.69, 9.17) is 15.2 Å². The molecule has 0 bridgehead atoms. The molecule has 1 saturated heterocycles. The summed E-state index contributed by atoms with van der Waals surface area (Å²) in [5.41, 5.74) is 6.36. The number of nitrogens with zero attached hydrogens (tertiary/aromatic N) is 1. The molecule has 3 amide bonds. The van der Waals surface area contributed by atoms with Gasteiger partial charge in [-0.1, -0.05) is 6.92 Å². The van der Waals surface area contributed by atoms with Gasteiger partial charge in [0.2, 0.25) is 5.91 Å². The average molecular weight is 399 g/mol. The zero-order valence-electron chi connectivity index (χ0n) is 15.5. The molecule has 0 aliphatic carbocycles. The summed E-state index contributed by atoms with van der Waals surface area (Å²) in [5, 5.41) is 5.01. The van der Waals surface area contributed by atoms with Crippen molar-refractivity contribution in [3.63, 3.8) is 0 Å². The van der Waals surface area contributed by atoms with E-state index in [-0.39, 0.29) is 30.3 Å². The lowest BCUT2D eigenvalue weighted by Gasteiger charge is -2.22. The summed E-state index contributed by atoms with van der Waals surface area (Å²) in [6, 6.07) is 4.59. The Morgan fingerprint density at radius 1 is 1.26 bits per heavy atom. The van der Waals surface area contributed by atoms with Crippen LogP contribution in [0.5, 0.6) is 11.5 Å². The molecule has 0 aromatic heterocycles. The van der Waals surface area contributed by atoms with Crippen LogP contribution < -0.4 is 25.8 Å². The van der Waals surface area contributed by atoms with Crippen molar-refractivity contribution in [2.75, 3.05) is 44.7 Å². The van der Waals surface area contributed by atoms with Gasteiger partial charge in [-0.2, -0.15) is 0 Å². The number of carbonyl (C=O) groups excluding carboxylic acids is 2. The second-order valence-electron chi connectivity index (χ2n) is 7.19. The number of halogens is 1. The van der Waals surface area contributed by atoms with Gasteiger partial charge in [-0.3, -0.25) is 15.0 Å². The van der Waals surface area contributed by atoms with Gasteiger partial charge in [0.05, 0.1) is 19.8 Å². The van der Waals surface area contributed by atoms with E-state index in [0.29, 0.717) is 36.9 Å². The Morgan fingerprint density at radius 3 is 2.70 bits per heavy atom. The lowest BCUT2D eigenvalue weighted by molar-refractivity contribution is -0.120. The predicted molar refractivity (Wildman–Crippen MR) is 105 cm³/mol. The van der Waals surface area contributed by atoms with Crippen molar-refractivity contribution in [3.05, 3.63) is 18.2 Å². The minimum atomic E-state index is -0.565. The van der Waals surface area contributed by atoms with Gasteiger partial charge in [0.1, 0.15) is 0 Å². The number of benzene rings is 1. The monoisotopic (exact) mass is 398 g/mol. The van der Waals surface area contributed by atoms with Crippen molar-refractivity contribution in [3.8, 4) is 11.5 Å². The first-order chi connectivity index (χ1) is 12.5. The third-order valence-electron chi connectivity index (χ3n) is 4.76. The van der Waals surface area contributed by atoms with Crippen molar-refractivity contribution in [2.45, 2.75) is 19.8 Å². The SMILES string of the molecule is CC1(CN)CCN(CC(=O)NC(=O)Nc2ccc3c(c2)OCCCO3)C1.Cl. The second kappa shape index (κ2) is 9.25. The summed E-state index contributed by atoms with van der Waals surface area (Å²) in [6.45, 7) is 5.64. The highest BCUT2D eigenvalue weighted by molar-refractivity contribution is 6.01. The van der Waals surface area contributed by atoms with Crippen LogP contribution in [0.1, 0.15) is 19.8 Å². The van der Waals surface area contributed by atoms with Crippen LogP contribution in [0.3, 0.4) is 0 Å². The Bertz CT molecular complexity index is 687. The Morgan fingerprint density at radius 2 is 2.00 bits per heavy atom. The van der Waals surface area contributed by atoms with Gasteiger partial charge >= 0.3 is 6.03 Å². The molecule has 2 heterocycles. The lowest BCUT2D eigenvalue weighted by atomic mass is 9.90. The van der Waals surface area contributed by atoms with Gasteiger partial charge in [0, 0.05) is 24.7 Å². The van der Waals surface area contributed by atoms with Crippen LogP contribution in [-0.2, 0) is 4.79 Å². The van der Waals surface area contributed by atoms with E-state index in [0.717, 1.165) is 25.9 Å². The number of rotatable bonds is 4. The van der Waals surface area contributed by atoms with Crippen LogP contribution in [0.4, 0.5) is 10.5 Å². The topological polar surface area (TPSA) is 106 Å². The van der Waals surface area contributed by atoms with Crippen LogP contribution in [0.25, 0.3) is 0 Å². The van der Waals surface area contributed by atoms with Crippen molar-refractivity contribution in [2.24, 2.45) is 11.1 Å². The van der Waals surface area contributed by atoms with Crippen molar-refractivity contribution in [1.29, 1.82) is 0 Å².